The second-order valence-electron chi connectivity index (χ2n) is 6.02. The maximum absolute atomic E-state index is 12.4. The summed E-state index contributed by atoms with van der Waals surface area (Å²) in [4.78, 5) is 9.18. The number of amidine groups is 2. The van der Waals surface area contributed by atoms with Crippen LogP contribution in [0.4, 0.5) is 18.9 Å². The van der Waals surface area contributed by atoms with Crippen LogP contribution in [0, 0.1) is 29.1 Å². The number of aryl methyl sites for hydroxylation is 1. The lowest BCUT2D eigenvalue weighted by molar-refractivity contribution is -0.0597. The Balaban J connectivity index is 2.30. The highest BCUT2D eigenvalue weighted by Gasteiger charge is 2.35. The fourth-order valence-electron chi connectivity index (χ4n) is 2.48. The number of nitriles is 1. The van der Waals surface area contributed by atoms with Gasteiger partial charge in [0.05, 0.1) is 22.9 Å². The van der Waals surface area contributed by atoms with Crippen LogP contribution in [-0.2, 0) is 0 Å². The molecule has 0 spiro atoms. The molecule has 1 saturated heterocycles. The van der Waals surface area contributed by atoms with E-state index in [1.807, 2.05) is 11.8 Å². The number of anilines is 1. The molecule has 1 fully saturated rings. The van der Waals surface area contributed by atoms with Gasteiger partial charge in [0, 0.05) is 24.8 Å². The van der Waals surface area contributed by atoms with E-state index in [9.17, 15) is 18.4 Å². The summed E-state index contributed by atoms with van der Waals surface area (Å²) in [5.41, 5.74) is 5.85. The number of hydrogen-bond donors (Lipinski definition) is 2. The topological polar surface area (TPSA) is 102 Å². The van der Waals surface area contributed by atoms with E-state index in [0.29, 0.717) is 30.9 Å². The zero-order valence-corrected chi connectivity index (χ0v) is 13.3. The number of alkyl halides is 3. The minimum absolute atomic E-state index is 0.133. The van der Waals surface area contributed by atoms with Gasteiger partial charge in [0.15, 0.2) is 5.84 Å². The summed E-state index contributed by atoms with van der Waals surface area (Å²) in [6.07, 6.45) is -2.81. The molecule has 1 atom stereocenters. The molecular weight excluding hydrogens is 321 g/mol. The Labute approximate surface area is 137 Å². The Kier molecular flexibility index (Phi) is 4.51. The molecule has 0 radical (unpaired) electrons. The van der Waals surface area contributed by atoms with Crippen molar-refractivity contribution in [3.05, 3.63) is 23.5 Å². The second kappa shape index (κ2) is 6.11. The third-order valence-electron chi connectivity index (χ3n) is 3.94. The highest BCUT2D eigenvalue weighted by Crippen LogP contribution is 2.33. The van der Waals surface area contributed by atoms with Gasteiger partial charge in [0.25, 0.3) is 0 Å². The molecular formula is C15H17F3N6. The van der Waals surface area contributed by atoms with Gasteiger partial charge in [-0.25, -0.2) is 4.99 Å². The van der Waals surface area contributed by atoms with Crippen molar-refractivity contribution in [3.63, 3.8) is 0 Å². The first-order valence-corrected chi connectivity index (χ1v) is 7.19. The molecule has 0 bridgehead atoms. The molecule has 0 amide bonds. The van der Waals surface area contributed by atoms with Crippen molar-refractivity contribution in [1.29, 1.82) is 10.7 Å². The first-order chi connectivity index (χ1) is 11.1. The maximum atomic E-state index is 12.4. The minimum Gasteiger partial charge on any atom is -0.380 e. The fourth-order valence-corrected chi connectivity index (χ4v) is 2.48. The van der Waals surface area contributed by atoms with Crippen LogP contribution in [0.2, 0.25) is 0 Å². The van der Waals surface area contributed by atoms with E-state index in [1.165, 1.54) is 6.20 Å². The lowest BCUT2D eigenvalue weighted by atomic mass is 9.92. The third kappa shape index (κ3) is 3.64. The van der Waals surface area contributed by atoms with E-state index in [0.717, 1.165) is 0 Å². The molecule has 2 heterocycles. The van der Waals surface area contributed by atoms with Crippen molar-refractivity contribution < 1.29 is 13.2 Å². The molecule has 1 unspecified atom stereocenters. The van der Waals surface area contributed by atoms with Gasteiger partial charge in [-0.1, -0.05) is 0 Å². The predicted molar refractivity (Wildman–Crippen MR) is 84.0 cm³/mol. The van der Waals surface area contributed by atoms with E-state index in [4.69, 9.17) is 11.1 Å². The monoisotopic (exact) mass is 338 g/mol. The number of pyridine rings is 1. The molecule has 128 valence electrons. The van der Waals surface area contributed by atoms with Crippen molar-refractivity contribution in [2.45, 2.75) is 26.4 Å². The van der Waals surface area contributed by atoms with Gasteiger partial charge >= 0.3 is 6.18 Å². The number of nitrogens with two attached hydrogens (primary N) is 1. The molecule has 3 N–H and O–H groups in total. The average Bonchev–Trinajstić information content (AvgIpc) is 2.89. The molecule has 1 aromatic heterocycles. The number of nitrogens with one attached hydrogen (secondary N) is 1. The van der Waals surface area contributed by atoms with Gasteiger partial charge in [-0.2, -0.15) is 18.4 Å². The number of rotatable bonds is 2. The van der Waals surface area contributed by atoms with Crippen LogP contribution in [-0.4, -0.2) is 35.9 Å². The summed E-state index contributed by atoms with van der Waals surface area (Å²) in [7, 11) is 0. The Bertz CT molecular complexity index is 734. The Morgan fingerprint density at radius 2 is 2.21 bits per heavy atom. The zero-order valence-electron chi connectivity index (χ0n) is 13.3. The van der Waals surface area contributed by atoms with E-state index >= 15 is 0 Å². The van der Waals surface area contributed by atoms with Crippen LogP contribution >= 0.6 is 0 Å². The smallest absolute Gasteiger partial charge is 0.380 e. The molecule has 1 aliphatic heterocycles. The maximum Gasteiger partial charge on any atom is 0.449 e. The summed E-state index contributed by atoms with van der Waals surface area (Å²) in [5.74, 6) is -2.19. The SMILES string of the molecule is Cc1ncc(C(=N)N=C(N)C(F)(F)F)cc1N1CCC(C)(C#N)C1. The van der Waals surface area contributed by atoms with Crippen LogP contribution in [0.15, 0.2) is 17.3 Å². The first kappa shape index (κ1) is 17.7. The lowest BCUT2D eigenvalue weighted by Crippen LogP contribution is -2.32. The van der Waals surface area contributed by atoms with Crippen molar-refractivity contribution in [3.8, 4) is 6.07 Å². The van der Waals surface area contributed by atoms with Gasteiger partial charge in [-0.15, -0.1) is 0 Å². The highest BCUT2D eigenvalue weighted by molar-refractivity contribution is 6.06. The van der Waals surface area contributed by atoms with E-state index in [-0.39, 0.29) is 5.56 Å². The third-order valence-corrected chi connectivity index (χ3v) is 3.94. The largest absolute Gasteiger partial charge is 0.449 e. The Morgan fingerprint density at radius 3 is 2.75 bits per heavy atom. The molecule has 2 rings (SSSR count). The predicted octanol–water partition coefficient (Wildman–Crippen LogP) is 2.37. The number of nitrogens with zero attached hydrogens (tertiary/aromatic N) is 4. The molecule has 24 heavy (non-hydrogen) atoms. The van der Waals surface area contributed by atoms with Crippen LogP contribution in [0.1, 0.15) is 24.6 Å². The summed E-state index contributed by atoms with van der Waals surface area (Å²) >= 11 is 0. The molecule has 1 aliphatic rings. The van der Waals surface area contributed by atoms with Gasteiger partial charge in [-0.3, -0.25) is 10.4 Å². The molecule has 6 nitrogen and oxygen atoms in total. The fraction of sp³-hybridized carbons (Fsp3) is 0.467. The number of halogens is 3. The average molecular weight is 338 g/mol. The first-order valence-electron chi connectivity index (χ1n) is 7.19. The summed E-state index contributed by atoms with van der Waals surface area (Å²) in [6.45, 7) is 4.75. The molecule has 1 aromatic rings. The van der Waals surface area contributed by atoms with E-state index in [1.54, 1.807) is 13.0 Å². The molecule has 0 saturated carbocycles. The molecule has 0 aromatic carbocycles. The van der Waals surface area contributed by atoms with Crippen LogP contribution in [0.5, 0.6) is 0 Å². The van der Waals surface area contributed by atoms with E-state index in [2.05, 4.69) is 16.0 Å². The van der Waals surface area contributed by atoms with Crippen LogP contribution in [0.3, 0.4) is 0 Å². The van der Waals surface area contributed by atoms with Crippen molar-refractivity contribution in [1.82, 2.24) is 4.98 Å². The van der Waals surface area contributed by atoms with Crippen molar-refractivity contribution in [2.75, 3.05) is 18.0 Å². The minimum atomic E-state index is -4.78. The normalized spacial score (nSPS) is 21.7. The van der Waals surface area contributed by atoms with Crippen molar-refractivity contribution >= 4 is 17.4 Å². The Morgan fingerprint density at radius 1 is 1.54 bits per heavy atom. The summed E-state index contributed by atoms with van der Waals surface area (Å²) in [6, 6.07) is 3.83. The standard InChI is InChI=1S/C15H17F3N6/c1-9-11(24-4-3-14(2,7-19)8-24)5-10(6-22-9)12(20)23-13(21)15(16,17)18/h5-6H,3-4,8H2,1-2H3,(H3,20,21,23). The molecule has 0 aliphatic carbocycles. The Hall–Kier alpha value is -2.63. The number of hydrogen-bond acceptors (Lipinski definition) is 4. The quantitative estimate of drug-likeness (QED) is 0.638. The zero-order chi connectivity index (χ0) is 18.1. The number of aromatic nitrogens is 1. The second-order valence-corrected chi connectivity index (χ2v) is 6.02. The van der Waals surface area contributed by atoms with E-state index < -0.39 is 23.3 Å². The van der Waals surface area contributed by atoms with Gasteiger partial charge in [-0.05, 0) is 26.3 Å². The van der Waals surface area contributed by atoms with Crippen molar-refractivity contribution in [2.24, 2.45) is 16.1 Å². The van der Waals surface area contributed by atoms with Gasteiger partial charge in [0.2, 0.25) is 5.84 Å². The van der Waals surface area contributed by atoms with Crippen LogP contribution in [0.25, 0.3) is 0 Å². The molecule has 9 heteroatoms. The summed E-state index contributed by atoms with van der Waals surface area (Å²) in [5, 5.41) is 16.9. The highest BCUT2D eigenvalue weighted by atomic mass is 19.4. The van der Waals surface area contributed by atoms with Gasteiger partial charge < -0.3 is 10.6 Å². The lowest BCUT2D eigenvalue weighted by Gasteiger charge is -2.22. The summed E-state index contributed by atoms with van der Waals surface area (Å²) < 4.78 is 37.3. The van der Waals surface area contributed by atoms with Crippen LogP contribution < -0.4 is 10.6 Å². The van der Waals surface area contributed by atoms with Gasteiger partial charge in [0.1, 0.15) is 0 Å². The number of aliphatic imine (C=N–C) groups is 1.